The number of halogens is 1. The van der Waals surface area contributed by atoms with Gasteiger partial charge >= 0.3 is 0 Å². The van der Waals surface area contributed by atoms with E-state index >= 15 is 0 Å². The SMILES string of the molecule is CCNC(=NCC1CCCN(CC)C1)NCCc1c[nH]c2cc(C)ccc12.I. The lowest BCUT2D eigenvalue weighted by atomic mass is 9.98. The van der Waals surface area contributed by atoms with Crippen molar-refractivity contribution in [3.8, 4) is 0 Å². The first-order valence-corrected chi connectivity index (χ1v) is 10.5. The monoisotopic (exact) mass is 497 g/mol. The Kier molecular flexibility index (Phi) is 9.58. The van der Waals surface area contributed by atoms with Crippen LogP contribution in [0.3, 0.4) is 0 Å². The van der Waals surface area contributed by atoms with Crippen molar-refractivity contribution in [1.29, 1.82) is 0 Å². The molecule has 0 amide bonds. The minimum atomic E-state index is 0. The van der Waals surface area contributed by atoms with Gasteiger partial charge in [0, 0.05) is 43.3 Å². The second-order valence-electron chi connectivity index (χ2n) is 7.66. The lowest BCUT2D eigenvalue weighted by molar-refractivity contribution is 0.186. The Labute approximate surface area is 186 Å². The van der Waals surface area contributed by atoms with Crippen LogP contribution in [-0.4, -0.2) is 55.1 Å². The summed E-state index contributed by atoms with van der Waals surface area (Å²) in [4.78, 5) is 10.8. The maximum absolute atomic E-state index is 4.86. The topological polar surface area (TPSA) is 55.5 Å². The van der Waals surface area contributed by atoms with Crippen LogP contribution >= 0.6 is 24.0 Å². The first kappa shape index (κ1) is 23.0. The van der Waals surface area contributed by atoms with Crippen molar-refractivity contribution in [1.82, 2.24) is 20.5 Å². The molecule has 156 valence electrons. The van der Waals surface area contributed by atoms with E-state index in [1.165, 1.54) is 48.0 Å². The number of H-pyrrole nitrogens is 1. The second-order valence-corrected chi connectivity index (χ2v) is 7.66. The first-order valence-electron chi connectivity index (χ1n) is 10.5. The minimum Gasteiger partial charge on any atom is -0.361 e. The number of hydrogen-bond acceptors (Lipinski definition) is 2. The lowest BCUT2D eigenvalue weighted by Gasteiger charge is -2.31. The van der Waals surface area contributed by atoms with Crippen molar-refractivity contribution in [3.63, 3.8) is 0 Å². The fourth-order valence-electron chi connectivity index (χ4n) is 3.97. The number of nitrogens with one attached hydrogen (secondary N) is 3. The van der Waals surface area contributed by atoms with Crippen molar-refractivity contribution in [2.24, 2.45) is 10.9 Å². The zero-order valence-corrected chi connectivity index (χ0v) is 19.9. The number of nitrogens with zero attached hydrogens (tertiary/aromatic N) is 2. The molecule has 1 saturated heterocycles. The molecule has 5 nitrogen and oxygen atoms in total. The zero-order chi connectivity index (χ0) is 19.1. The predicted octanol–water partition coefficient (Wildman–Crippen LogP) is 3.92. The smallest absolute Gasteiger partial charge is 0.191 e. The summed E-state index contributed by atoms with van der Waals surface area (Å²) in [5.74, 6) is 1.63. The number of fused-ring (bicyclic) bond motifs is 1. The number of aromatic nitrogens is 1. The van der Waals surface area contributed by atoms with Crippen LogP contribution in [0.5, 0.6) is 0 Å². The average Bonchev–Trinajstić information content (AvgIpc) is 3.08. The first-order chi connectivity index (χ1) is 13.2. The molecule has 1 fully saturated rings. The van der Waals surface area contributed by atoms with Gasteiger partial charge in [-0.05, 0) is 69.3 Å². The van der Waals surface area contributed by atoms with Crippen LogP contribution in [0.15, 0.2) is 29.4 Å². The van der Waals surface area contributed by atoms with E-state index in [1.54, 1.807) is 0 Å². The maximum atomic E-state index is 4.86. The minimum absolute atomic E-state index is 0. The summed E-state index contributed by atoms with van der Waals surface area (Å²) < 4.78 is 0. The van der Waals surface area contributed by atoms with Crippen molar-refractivity contribution in [2.75, 3.05) is 39.3 Å². The molecular weight excluding hydrogens is 461 g/mol. The van der Waals surface area contributed by atoms with Crippen LogP contribution in [0.25, 0.3) is 10.9 Å². The van der Waals surface area contributed by atoms with Crippen LogP contribution < -0.4 is 10.6 Å². The third kappa shape index (κ3) is 6.37. The standard InChI is InChI=1S/C22H35N5.HI/c1-4-23-22(26-14-18-7-6-12-27(5-2)16-18)24-11-10-19-15-25-21-13-17(3)8-9-20(19)21;/h8-9,13,15,18,25H,4-7,10-12,14,16H2,1-3H3,(H2,23,24,26);1H. The van der Waals surface area contributed by atoms with Gasteiger partial charge in [-0.25, -0.2) is 0 Å². The fourth-order valence-corrected chi connectivity index (χ4v) is 3.97. The van der Waals surface area contributed by atoms with E-state index in [2.05, 4.69) is 65.7 Å². The Morgan fingerprint density at radius 2 is 2.14 bits per heavy atom. The van der Waals surface area contributed by atoms with E-state index in [4.69, 9.17) is 4.99 Å². The number of benzene rings is 1. The van der Waals surface area contributed by atoms with Crippen molar-refractivity contribution >= 4 is 40.8 Å². The molecule has 0 radical (unpaired) electrons. The van der Waals surface area contributed by atoms with Gasteiger partial charge in [0.15, 0.2) is 5.96 Å². The quantitative estimate of drug-likeness (QED) is 0.309. The van der Waals surface area contributed by atoms with Gasteiger partial charge in [0.25, 0.3) is 0 Å². The highest BCUT2D eigenvalue weighted by Gasteiger charge is 2.18. The number of hydrogen-bond donors (Lipinski definition) is 3. The van der Waals surface area contributed by atoms with Crippen LogP contribution in [-0.2, 0) is 6.42 Å². The summed E-state index contributed by atoms with van der Waals surface area (Å²) in [6, 6.07) is 6.61. The second kappa shape index (κ2) is 11.7. The number of rotatable bonds is 7. The van der Waals surface area contributed by atoms with E-state index in [-0.39, 0.29) is 24.0 Å². The van der Waals surface area contributed by atoms with Gasteiger partial charge < -0.3 is 20.5 Å². The molecule has 1 unspecified atom stereocenters. The molecule has 3 rings (SSSR count). The highest BCUT2D eigenvalue weighted by atomic mass is 127. The number of likely N-dealkylation sites (tertiary alicyclic amines) is 1. The van der Waals surface area contributed by atoms with Crippen molar-refractivity contribution in [2.45, 2.75) is 40.0 Å². The molecule has 1 aliphatic rings. The summed E-state index contributed by atoms with van der Waals surface area (Å²) in [5.41, 5.74) is 3.88. The van der Waals surface area contributed by atoms with Crippen molar-refractivity contribution in [3.05, 3.63) is 35.5 Å². The summed E-state index contributed by atoms with van der Waals surface area (Å²) in [6.45, 7) is 12.8. The molecular formula is C22H36IN5. The normalized spacial score (nSPS) is 18.1. The fraction of sp³-hybridized carbons (Fsp3) is 0.591. The summed E-state index contributed by atoms with van der Waals surface area (Å²) in [6.07, 6.45) is 5.73. The van der Waals surface area contributed by atoms with Crippen LogP contribution in [0.1, 0.15) is 37.8 Å². The Morgan fingerprint density at radius 1 is 1.29 bits per heavy atom. The van der Waals surface area contributed by atoms with Crippen LogP contribution in [0.2, 0.25) is 0 Å². The van der Waals surface area contributed by atoms with E-state index in [9.17, 15) is 0 Å². The average molecular weight is 497 g/mol. The Balaban J connectivity index is 0.00000280. The van der Waals surface area contributed by atoms with Gasteiger partial charge in [-0.3, -0.25) is 4.99 Å². The molecule has 28 heavy (non-hydrogen) atoms. The molecule has 1 atom stereocenters. The highest BCUT2D eigenvalue weighted by molar-refractivity contribution is 14.0. The molecule has 1 aliphatic heterocycles. The van der Waals surface area contributed by atoms with Gasteiger partial charge in [0.2, 0.25) is 0 Å². The molecule has 6 heteroatoms. The molecule has 2 aromatic rings. The molecule has 1 aromatic heterocycles. The molecule has 0 aliphatic carbocycles. The van der Waals surface area contributed by atoms with Gasteiger partial charge in [0.05, 0.1) is 0 Å². The molecule has 2 heterocycles. The Bertz CT molecular complexity index is 754. The maximum Gasteiger partial charge on any atom is 0.191 e. The Morgan fingerprint density at radius 3 is 2.93 bits per heavy atom. The molecule has 0 bridgehead atoms. The number of aryl methyl sites for hydroxylation is 1. The van der Waals surface area contributed by atoms with E-state index in [0.717, 1.165) is 38.6 Å². The number of piperidine rings is 1. The molecule has 0 saturated carbocycles. The van der Waals surface area contributed by atoms with E-state index < -0.39 is 0 Å². The third-order valence-electron chi connectivity index (χ3n) is 5.51. The van der Waals surface area contributed by atoms with E-state index in [1.807, 2.05) is 0 Å². The Hall–Kier alpha value is -1.28. The highest BCUT2D eigenvalue weighted by Crippen LogP contribution is 2.19. The lowest BCUT2D eigenvalue weighted by Crippen LogP contribution is -2.40. The number of guanidine groups is 1. The van der Waals surface area contributed by atoms with Crippen LogP contribution in [0, 0.1) is 12.8 Å². The molecule has 1 aromatic carbocycles. The number of aromatic amines is 1. The third-order valence-corrected chi connectivity index (χ3v) is 5.51. The largest absolute Gasteiger partial charge is 0.361 e. The predicted molar refractivity (Wildman–Crippen MR) is 131 cm³/mol. The summed E-state index contributed by atoms with van der Waals surface area (Å²) in [5, 5.41) is 8.23. The van der Waals surface area contributed by atoms with Gasteiger partial charge in [-0.2, -0.15) is 0 Å². The zero-order valence-electron chi connectivity index (χ0n) is 17.6. The van der Waals surface area contributed by atoms with E-state index in [0.29, 0.717) is 5.92 Å². The molecule has 3 N–H and O–H groups in total. The van der Waals surface area contributed by atoms with Crippen molar-refractivity contribution < 1.29 is 0 Å². The van der Waals surface area contributed by atoms with Gasteiger partial charge in [0.1, 0.15) is 0 Å². The van der Waals surface area contributed by atoms with Gasteiger partial charge in [-0.1, -0.05) is 19.1 Å². The van der Waals surface area contributed by atoms with Crippen LogP contribution in [0.4, 0.5) is 0 Å². The van der Waals surface area contributed by atoms with Gasteiger partial charge in [-0.15, -0.1) is 24.0 Å². The summed E-state index contributed by atoms with van der Waals surface area (Å²) >= 11 is 0. The summed E-state index contributed by atoms with van der Waals surface area (Å²) in [7, 11) is 0. The molecule has 0 spiro atoms. The number of aliphatic imine (C=N–C) groups is 1.